The van der Waals surface area contributed by atoms with Crippen LogP contribution in [-0.4, -0.2) is 25.2 Å². The first kappa shape index (κ1) is 26.9. The summed E-state index contributed by atoms with van der Waals surface area (Å²) >= 11 is 0. The molecule has 1 aliphatic carbocycles. The molecule has 2 aromatic carbocycles. The van der Waals surface area contributed by atoms with Gasteiger partial charge in [-0.05, 0) is 17.5 Å². The number of nitriles is 1. The monoisotopic (exact) mass is 505 g/mol. The molecule has 0 aliphatic heterocycles. The first-order valence-corrected chi connectivity index (χ1v) is 10.8. The van der Waals surface area contributed by atoms with Gasteiger partial charge in [0.05, 0.1) is 40.9 Å². The zero-order valence-corrected chi connectivity index (χ0v) is 19.7. The van der Waals surface area contributed by atoms with E-state index >= 15 is 0 Å². The summed E-state index contributed by atoms with van der Waals surface area (Å²) in [5.74, 6) is -10.1. The van der Waals surface area contributed by atoms with Gasteiger partial charge >= 0.3 is 11.9 Å². The van der Waals surface area contributed by atoms with Gasteiger partial charge in [0, 0.05) is 13.0 Å². The van der Waals surface area contributed by atoms with Crippen LogP contribution in [0.5, 0.6) is 0 Å². The van der Waals surface area contributed by atoms with Crippen molar-refractivity contribution in [1.29, 1.82) is 5.26 Å². The van der Waals surface area contributed by atoms with E-state index in [9.17, 15) is 32.4 Å². The third-order valence-corrected chi connectivity index (χ3v) is 6.31. The molecule has 0 spiro atoms. The minimum atomic E-state index is -1.70. The second-order valence-corrected chi connectivity index (χ2v) is 8.91. The van der Waals surface area contributed by atoms with Crippen LogP contribution in [0.25, 0.3) is 0 Å². The lowest BCUT2D eigenvalue weighted by molar-refractivity contribution is -0.148. The van der Waals surface area contributed by atoms with Gasteiger partial charge < -0.3 is 14.2 Å². The predicted octanol–water partition coefficient (Wildman–Crippen LogP) is 5.01. The number of halogens is 4. The van der Waals surface area contributed by atoms with E-state index in [0.717, 1.165) is 7.11 Å². The maximum atomic E-state index is 14.4. The molecule has 0 saturated heterocycles. The molecular weight excluding hydrogens is 482 g/mol. The summed E-state index contributed by atoms with van der Waals surface area (Å²) in [6, 6.07) is 9.79. The molecule has 0 heterocycles. The van der Waals surface area contributed by atoms with Gasteiger partial charge in [0.15, 0.2) is 23.3 Å². The molecule has 3 rings (SSSR count). The summed E-state index contributed by atoms with van der Waals surface area (Å²) < 4.78 is 72.2. The fourth-order valence-corrected chi connectivity index (χ4v) is 4.23. The number of hydrogen-bond acceptors (Lipinski definition) is 6. The van der Waals surface area contributed by atoms with Crippen LogP contribution in [-0.2, 0) is 32.2 Å². The Morgan fingerprint density at radius 1 is 1.03 bits per heavy atom. The molecule has 36 heavy (non-hydrogen) atoms. The minimum Gasteiger partial charge on any atom is -0.460 e. The highest BCUT2D eigenvalue weighted by Gasteiger charge is 2.67. The first-order chi connectivity index (χ1) is 17.0. The number of benzene rings is 2. The van der Waals surface area contributed by atoms with Crippen molar-refractivity contribution < 1.29 is 41.4 Å². The Morgan fingerprint density at radius 2 is 1.56 bits per heavy atom. The average Bonchev–Trinajstić information content (AvgIpc) is 3.44. The van der Waals surface area contributed by atoms with Gasteiger partial charge in [0.1, 0.15) is 12.7 Å². The largest absolute Gasteiger partial charge is 0.460 e. The highest BCUT2D eigenvalue weighted by atomic mass is 19.2. The molecule has 1 saturated carbocycles. The number of rotatable bonds is 9. The molecule has 2 aromatic rings. The van der Waals surface area contributed by atoms with E-state index < -0.39 is 82.9 Å². The van der Waals surface area contributed by atoms with Crippen LogP contribution in [0.2, 0.25) is 0 Å². The second kappa shape index (κ2) is 10.5. The molecule has 3 unspecified atom stereocenters. The van der Waals surface area contributed by atoms with Gasteiger partial charge in [0.25, 0.3) is 0 Å². The molecular formula is C26H23F4NO5. The van der Waals surface area contributed by atoms with Crippen LogP contribution in [0.3, 0.4) is 0 Å². The maximum absolute atomic E-state index is 14.4. The van der Waals surface area contributed by atoms with Crippen molar-refractivity contribution in [3.63, 3.8) is 0 Å². The van der Waals surface area contributed by atoms with Gasteiger partial charge in [-0.15, -0.1) is 0 Å². The topological polar surface area (TPSA) is 85.6 Å². The van der Waals surface area contributed by atoms with Gasteiger partial charge in [0.2, 0.25) is 0 Å². The fourth-order valence-electron chi connectivity index (χ4n) is 4.23. The van der Waals surface area contributed by atoms with Crippen LogP contribution in [0, 0.1) is 51.9 Å². The third-order valence-electron chi connectivity index (χ3n) is 6.31. The minimum absolute atomic E-state index is 0.109. The molecule has 0 aromatic heterocycles. The van der Waals surface area contributed by atoms with Gasteiger partial charge in [-0.25, -0.2) is 22.4 Å². The van der Waals surface area contributed by atoms with Crippen LogP contribution in [0.15, 0.2) is 42.5 Å². The number of nitrogens with zero attached hydrogens (tertiary/aromatic N) is 1. The summed E-state index contributed by atoms with van der Waals surface area (Å²) in [5.41, 5.74) is -2.76. The Bertz CT molecular complexity index is 1210. The maximum Gasteiger partial charge on any atom is 0.338 e. The smallest absolute Gasteiger partial charge is 0.338 e. The van der Waals surface area contributed by atoms with E-state index in [1.54, 1.807) is 32.0 Å². The number of ether oxygens (including phenoxy) is 3. The summed E-state index contributed by atoms with van der Waals surface area (Å²) in [6.45, 7) is 5.14. The standard InChI is InChI=1S/C26H23F4NO5/c1-13(10-31)23(36-24(32)14-8-6-5-7-9-14)17-18(26(17,2)3)25(33)35-12-16-21(29)19(27)15(11-34-4)20(28)22(16)30/h5-9,17-18,23H,1,11-12H2,2-4H3. The van der Waals surface area contributed by atoms with Crippen molar-refractivity contribution in [3.8, 4) is 6.07 Å². The Labute approximate surface area is 205 Å². The summed E-state index contributed by atoms with van der Waals surface area (Å²) in [4.78, 5) is 25.4. The molecule has 0 radical (unpaired) electrons. The molecule has 0 amide bonds. The van der Waals surface area contributed by atoms with E-state index in [1.807, 2.05) is 6.07 Å². The number of esters is 2. The zero-order valence-electron chi connectivity index (χ0n) is 19.7. The van der Waals surface area contributed by atoms with Gasteiger partial charge in [-0.2, -0.15) is 5.26 Å². The summed E-state index contributed by atoms with van der Waals surface area (Å²) in [6.07, 6.45) is -1.17. The summed E-state index contributed by atoms with van der Waals surface area (Å²) in [7, 11) is 1.10. The first-order valence-electron chi connectivity index (χ1n) is 10.8. The predicted molar refractivity (Wildman–Crippen MR) is 118 cm³/mol. The lowest BCUT2D eigenvalue weighted by Crippen LogP contribution is -2.25. The van der Waals surface area contributed by atoms with Crippen molar-refractivity contribution in [2.75, 3.05) is 7.11 Å². The Kier molecular flexibility index (Phi) is 7.84. The quantitative estimate of drug-likeness (QED) is 0.206. The van der Waals surface area contributed by atoms with Crippen molar-refractivity contribution in [3.05, 3.63) is 82.4 Å². The van der Waals surface area contributed by atoms with Crippen LogP contribution < -0.4 is 0 Å². The molecule has 6 nitrogen and oxygen atoms in total. The van der Waals surface area contributed by atoms with E-state index in [2.05, 4.69) is 11.3 Å². The molecule has 0 N–H and O–H groups in total. The van der Waals surface area contributed by atoms with E-state index in [0.29, 0.717) is 0 Å². The highest BCUT2D eigenvalue weighted by Crippen LogP contribution is 2.62. The van der Waals surface area contributed by atoms with Gasteiger partial charge in [-0.3, -0.25) is 4.79 Å². The van der Waals surface area contributed by atoms with E-state index in [4.69, 9.17) is 9.47 Å². The Balaban J connectivity index is 1.79. The van der Waals surface area contributed by atoms with Crippen molar-refractivity contribution in [2.45, 2.75) is 33.2 Å². The molecule has 1 aliphatic rings. The number of hydrogen-bond donors (Lipinski definition) is 0. The average molecular weight is 505 g/mol. The fraction of sp³-hybridized carbons (Fsp3) is 0.346. The second-order valence-electron chi connectivity index (χ2n) is 8.91. The molecule has 10 heteroatoms. The zero-order chi connectivity index (χ0) is 26.8. The summed E-state index contributed by atoms with van der Waals surface area (Å²) in [5, 5.41) is 9.37. The Morgan fingerprint density at radius 3 is 2.06 bits per heavy atom. The van der Waals surface area contributed by atoms with Crippen LogP contribution in [0.4, 0.5) is 17.6 Å². The van der Waals surface area contributed by atoms with E-state index in [1.165, 1.54) is 12.1 Å². The normalized spacial score (nSPS) is 18.6. The molecule has 3 atom stereocenters. The highest BCUT2D eigenvalue weighted by molar-refractivity contribution is 5.89. The van der Waals surface area contributed by atoms with E-state index in [-0.39, 0.29) is 11.1 Å². The molecule has 190 valence electrons. The number of carbonyl (C=O) groups is 2. The van der Waals surface area contributed by atoms with Crippen LogP contribution in [0.1, 0.15) is 35.3 Å². The molecule has 0 bridgehead atoms. The SMILES string of the molecule is C=C(C#N)C(OC(=O)c1ccccc1)C1C(C(=O)OCc2c(F)c(F)c(COC)c(F)c2F)C1(C)C. The van der Waals surface area contributed by atoms with Crippen molar-refractivity contribution in [1.82, 2.24) is 0 Å². The van der Waals surface area contributed by atoms with Gasteiger partial charge in [-0.1, -0.05) is 38.6 Å². The molecule has 1 fully saturated rings. The third kappa shape index (κ3) is 4.97. The lowest BCUT2D eigenvalue weighted by Gasteiger charge is -2.18. The number of methoxy groups -OCH3 is 1. The van der Waals surface area contributed by atoms with Crippen LogP contribution >= 0.6 is 0 Å². The number of carbonyl (C=O) groups excluding carboxylic acids is 2. The van der Waals surface area contributed by atoms with Crippen molar-refractivity contribution in [2.24, 2.45) is 17.3 Å². The van der Waals surface area contributed by atoms with Crippen molar-refractivity contribution >= 4 is 11.9 Å². The lowest BCUT2D eigenvalue weighted by atomic mass is 10.0. The Hall–Kier alpha value is -3.71.